The van der Waals surface area contributed by atoms with E-state index in [4.69, 9.17) is 9.63 Å². The number of rotatable bonds is 7. The van der Waals surface area contributed by atoms with Gasteiger partial charge in [0.2, 0.25) is 5.82 Å². The minimum Gasteiger partial charge on any atom is -0.481 e. The molecule has 0 unspecified atom stereocenters. The van der Waals surface area contributed by atoms with Gasteiger partial charge in [-0.3, -0.25) is 9.69 Å². The quantitative estimate of drug-likeness (QED) is 0.303. The van der Waals surface area contributed by atoms with Crippen LogP contribution in [0.1, 0.15) is 22.3 Å². The Hall–Kier alpha value is -4.30. The fourth-order valence-electron chi connectivity index (χ4n) is 4.99. The summed E-state index contributed by atoms with van der Waals surface area (Å²) in [4.78, 5) is 17.8. The van der Waals surface area contributed by atoms with Crippen molar-refractivity contribution in [2.45, 2.75) is 26.9 Å². The molecular formula is C30H27FN4O3. The molecule has 0 radical (unpaired) electrons. The van der Waals surface area contributed by atoms with Crippen LogP contribution in [-0.2, 0) is 17.9 Å². The summed E-state index contributed by atoms with van der Waals surface area (Å²) in [5.74, 6) is -0.547. The summed E-state index contributed by atoms with van der Waals surface area (Å²) in [6.45, 7) is 6.67. The number of aliphatic carboxylic acids is 1. The van der Waals surface area contributed by atoms with Crippen LogP contribution in [0.2, 0.25) is 0 Å². The van der Waals surface area contributed by atoms with E-state index in [1.165, 1.54) is 23.3 Å². The number of benzene rings is 3. The van der Waals surface area contributed by atoms with E-state index in [0.717, 1.165) is 22.2 Å². The predicted octanol–water partition coefficient (Wildman–Crippen LogP) is 5.68. The van der Waals surface area contributed by atoms with Crippen LogP contribution in [0.5, 0.6) is 0 Å². The molecule has 3 heterocycles. The van der Waals surface area contributed by atoms with Crippen molar-refractivity contribution in [1.82, 2.24) is 19.6 Å². The summed E-state index contributed by atoms with van der Waals surface area (Å²) in [7, 11) is 0. The smallest absolute Gasteiger partial charge is 0.309 e. The Balaban J connectivity index is 1.25. The fourth-order valence-corrected chi connectivity index (χ4v) is 4.99. The molecular weight excluding hydrogens is 483 g/mol. The first-order valence-corrected chi connectivity index (χ1v) is 12.6. The highest BCUT2D eigenvalue weighted by atomic mass is 19.1. The monoisotopic (exact) mass is 510 g/mol. The van der Waals surface area contributed by atoms with Gasteiger partial charge in [-0.1, -0.05) is 47.6 Å². The molecule has 192 valence electrons. The second kappa shape index (κ2) is 9.54. The third-order valence-corrected chi connectivity index (χ3v) is 7.35. The molecule has 0 amide bonds. The molecule has 8 heteroatoms. The number of halogens is 1. The first-order valence-electron chi connectivity index (χ1n) is 12.6. The number of likely N-dealkylation sites (tertiary alicyclic amines) is 1. The molecule has 0 aliphatic carbocycles. The Morgan fingerprint density at radius 3 is 2.50 bits per heavy atom. The van der Waals surface area contributed by atoms with Gasteiger partial charge in [0.1, 0.15) is 5.82 Å². The maximum atomic E-state index is 14.2. The van der Waals surface area contributed by atoms with Crippen LogP contribution in [0.3, 0.4) is 0 Å². The van der Waals surface area contributed by atoms with Gasteiger partial charge in [-0.25, -0.2) is 4.39 Å². The van der Waals surface area contributed by atoms with Crippen molar-refractivity contribution in [2.75, 3.05) is 13.1 Å². The number of hydrogen-bond donors (Lipinski definition) is 1. The molecule has 38 heavy (non-hydrogen) atoms. The van der Waals surface area contributed by atoms with Crippen molar-refractivity contribution in [2.24, 2.45) is 5.92 Å². The largest absolute Gasteiger partial charge is 0.481 e. The SMILES string of the molecule is Cc1ccc(Cn2cc(-c3nc(-c4ccc(CN5CC(C(=O)O)C5)cc4)no3)c3cc(F)ccc32)cc1C. The van der Waals surface area contributed by atoms with Gasteiger partial charge < -0.3 is 14.2 Å². The highest BCUT2D eigenvalue weighted by Crippen LogP contribution is 2.32. The van der Waals surface area contributed by atoms with Gasteiger partial charge >= 0.3 is 5.97 Å². The van der Waals surface area contributed by atoms with Gasteiger partial charge in [0.25, 0.3) is 5.89 Å². The fraction of sp³-hybridized carbons (Fsp3) is 0.233. The van der Waals surface area contributed by atoms with Gasteiger partial charge in [0.05, 0.1) is 11.5 Å². The molecule has 5 aromatic rings. The van der Waals surface area contributed by atoms with Crippen LogP contribution in [0.25, 0.3) is 33.7 Å². The maximum absolute atomic E-state index is 14.2. The van der Waals surface area contributed by atoms with Gasteiger partial charge in [-0.2, -0.15) is 4.98 Å². The molecule has 1 aliphatic rings. The second-order valence-electron chi connectivity index (χ2n) is 10.1. The van der Waals surface area contributed by atoms with Gasteiger partial charge in [0.15, 0.2) is 0 Å². The summed E-state index contributed by atoms with van der Waals surface area (Å²) in [6.07, 6.45) is 1.94. The van der Waals surface area contributed by atoms with E-state index < -0.39 is 5.97 Å². The molecule has 0 spiro atoms. The van der Waals surface area contributed by atoms with Crippen molar-refractivity contribution in [1.29, 1.82) is 0 Å². The lowest BCUT2D eigenvalue weighted by atomic mass is 9.99. The van der Waals surface area contributed by atoms with Crippen LogP contribution in [0, 0.1) is 25.6 Å². The lowest BCUT2D eigenvalue weighted by molar-refractivity contribution is -0.147. The Morgan fingerprint density at radius 1 is 1.00 bits per heavy atom. The molecule has 2 aromatic heterocycles. The molecule has 0 saturated carbocycles. The number of carboxylic acid groups (broad SMARTS) is 1. The third kappa shape index (κ3) is 4.59. The molecule has 6 rings (SSSR count). The number of aryl methyl sites for hydroxylation is 2. The van der Waals surface area contributed by atoms with E-state index in [1.54, 1.807) is 6.07 Å². The zero-order chi connectivity index (χ0) is 26.4. The second-order valence-corrected chi connectivity index (χ2v) is 10.1. The van der Waals surface area contributed by atoms with E-state index in [9.17, 15) is 9.18 Å². The zero-order valence-corrected chi connectivity index (χ0v) is 21.2. The highest BCUT2D eigenvalue weighted by Gasteiger charge is 2.32. The highest BCUT2D eigenvalue weighted by molar-refractivity contribution is 5.94. The van der Waals surface area contributed by atoms with E-state index in [-0.39, 0.29) is 11.7 Å². The van der Waals surface area contributed by atoms with Crippen molar-refractivity contribution in [3.05, 3.63) is 94.9 Å². The molecule has 0 atom stereocenters. The molecule has 1 N–H and O–H groups in total. The molecule has 3 aromatic carbocycles. The minimum absolute atomic E-state index is 0.271. The van der Waals surface area contributed by atoms with Crippen LogP contribution in [0.15, 0.2) is 71.4 Å². The Labute approximate surface area is 219 Å². The topological polar surface area (TPSA) is 84.4 Å². The number of carbonyl (C=O) groups is 1. The predicted molar refractivity (Wildman–Crippen MR) is 142 cm³/mol. The minimum atomic E-state index is -0.736. The summed E-state index contributed by atoms with van der Waals surface area (Å²) in [5, 5.41) is 14.0. The van der Waals surface area contributed by atoms with Crippen LogP contribution >= 0.6 is 0 Å². The third-order valence-electron chi connectivity index (χ3n) is 7.35. The van der Waals surface area contributed by atoms with Crippen molar-refractivity contribution in [3.8, 4) is 22.8 Å². The van der Waals surface area contributed by atoms with Crippen molar-refractivity contribution >= 4 is 16.9 Å². The Bertz CT molecular complexity index is 1650. The van der Waals surface area contributed by atoms with Crippen LogP contribution in [-0.4, -0.2) is 43.8 Å². The number of nitrogens with zero attached hydrogens (tertiary/aromatic N) is 4. The average Bonchev–Trinajstić information content (AvgIpc) is 3.49. The van der Waals surface area contributed by atoms with E-state index in [0.29, 0.717) is 48.8 Å². The Kier molecular flexibility index (Phi) is 6.04. The first kappa shape index (κ1) is 24.1. The standard InChI is InChI=1S/C30H27FN4O3/c1-18-3-4-21(11-19(18)2)14-35-17-26(25-12-24(31)9-10-27(25)35)29-32-28(33-38-29)22-7-5-20(6-8-22)13-34-15-23(16-34)30(36)37/h3-12,17,23H,13-16H2,1-2H3,(H,36,37). The lowest BCUT2D eigenvalue weighted by Gasteiger charge is -2.36. The first-order chi connectivity index (χ1) is 18.3. The summed E-state index contributed by atoms with van der Waals surface area (Å²) in [6, 6.07) is 19.0. The molecule has 7 nitrogen and oxygen atoms in total. The summed E-state index contributed by atoms with van der Waals surface area (Å²) < 4.78 is 22.0. The lowest BCUT2D eigenvalue weighted by Crippen LogP contribution is -2.49. The van der Waals surface area contributed by atoms with Crippen molar-refractivity contribution < 1.29 is 18.8 Å². The van der Waals surface area contributed by atoms with E-state index in [1.807, 2.05) is 30.5 Å². The van der Waals surface area contributed by atoms with Gasteiger partial charge in [0, 0.05) is 48.8 Å². The summed E-state index contributed by atoms with van der Waals surface area (Å²) in [5.41, 5.74) is 7.10. The summed E-state index contributed by atoms with van der Waals surface area (Å²) >= 11 is 0. The van der Waals surface area contributed by atoms with Crippen LogP contribution in [0.4, 0.5) is 4.39 Å². The molecule has 0 bridgehead atoms. The zero-order valence-electron chi connectivity index (χ0n) is 21.2. The number of aromatic nitrogens is 3. The normalized spacial score (nSPS) is 14.2. The van der Waals surface area contributed by atoms with E-state index in [2.05, 4.69) is 51.7 Å². The Morgan fingerprint density at radius 2 is 1.76 bits per heavy atom. The number of hydrogen-bond acceptors (Lipinski definition) is 5. The maximum Gasteiger partial charge on any atom is 0.309 e. The number of fused-ring (bicyclic) bond motifs is 1. The van der Waals surface area contributed by atoms with Crippen LogP contribution < -0.4 is 0 Å². The molecule has 1 fully saturated rings. The molecule has 1 aliphatic heterocycles. The van der Waals surface area contributed by atoms with E-state index >= 15 is 0 Å². The van der Waals surface area contributed by atoms with Gasteiger partial charge in [-0.15, -0.1) is 0 Å². The number of carboxylic acids is 1. The van der Waals surface area contributed by atoms with Crippen molar-refractivity contribution in [3.63, 3.8) is 0 Å². The molecule has 1 saturated heterocycles. The average molecular weight is 511 g/mol. The van der Waals surface area contributed by atoms with Gasteiger partial charge in [-0.05, 0) is 54.3 Å².